The Bertz CT molecular complexity index is 345. The Labute approximate surface area is 78.8 Å². The van der Waals surface area contributed by atoms with Gasteiger partial charge in [0.2, 0.25) is 0 Å². The minimum Gasteiger partial charge on any atom is -0.477 e. The van der Waals surface area contributed by atoms with Crippen LogP contribution in [0.2, 0.25) is 0 Å². The lowest BCUT2D eigenvalue weighted by molar-refractivity contribution is 0.0702. The van der Waals surface area contributed by atoms with E-state index < -0.39 is 5.97 Å². The fourth-order valence-electron chi connectivity index (χ4n) is 0.641. The van der Waals surface area contributed by atoms with Crippen molar-refractivity contribution >= 4 is 28.9 Å². The van der Waals surface area contributed by atoms with Crippen molar-refractivity contribution in [2.24, 2.45) is 0 Å². The molecule has 0 unspecified atom stereocenters. The maximum Gasteiger partial charge on any atom is 0.345 e. The molecule has 0 saturated heterocycles. The topological polar surface area (TPSA) is 37.3 Å². The van der Waals surface area contributed by atoms with Gasteiger partial charge in [0.1, 0.15) is 4.88 Å². The summed E-state index contributed by atoms with van der Waals surface area (Å²) in [6.45, 7) is 0. The first-order chi connectivity index (χ1) is 5.74. The third-order valence-corrected chi connectivity index (χ3v) is 2.22. The van der Waals surface area contributed by atoms with Crippen LogP contribution in [-0.2, 0) is 0 Å². The second-order valence-corrected chi connectivity index (χ2v) is 3.26. The number of rotatable bonds is 1. The summed E-state index contributed by atoms with van der Waals surface area (Å²) in [6.07, 6.45) is 0. The molecule has 0 atom stereocenters. The lowest BCUT2D eigenvalue weighted by Crippen LogP contribution is -1.89. The van der Waals surface area contributed by atoms with E-state index in [1.165, 1.54) is 6.07 Å². The Morgan fingerprint density at radius 2 is 2.42 bits per heavy atom. The summed E-state index contributed by atoms with van der Waals surface area (Å²) in [4.78, 5) is 11.5. The zero-order valence-electron chi connectivity index (χ0n) is 6.00. The van der Waals surface area contributed by atoms with Gasteiger partial charge in [-0.15, -0.1) is 22.9 Å². The summed E-state index contributed by atoms with van der Waals surface area (Å²) < 4.78 is 0. The summed E-state index contributed by atoms with van der Waals surface area (Å²) in [5.74, 6) is 4.74. The highest BCUT2D eigenvalue weighted by Gasteiger charge is 2.04. The van der Waals surface area contributed by atoms with Crippen molar-refractivity contribution in [1.82, 2.24) is 0 Å². The van der Waals surface area contributed by atoms with Gasteiger partial charge in [-0.3, -0.25) is 0 Å². The van der Waals surface area contributed by atoms with Crippen molar-refractivity contribution in [2.75, 3.05) is 5.88 Å². The highest BCUT2D eigenvalue weighted by molar-refractivity contribution is 7.14. The number of carbonyl (C=O) groups is 1. The summed E-state index contributed by atoms with van der Waals surface area (Å²) >= 11 is 6.48. The summed E-state index contributed by atoms with van der Waals surface area (Å²) in [5, 5.41) is 8.56. The van der Waals surface area contributed by atoms with Gasteiger partial charge >= 0.3 is 5.97 Å². The lowest BCUT2D eigenvalue weighted by atomic mass is 10.4. The van der Waals surface area contributed by atoms with Crippen LogP contribution in [0.1, 0.15) is 14.5 Å². The molecule has 1 aromatic heterocycles. The number of hydrogen-bond acceptors (Lipinski definition) is 2. The molecule has 0 aromatic carbocycles. The number of alkyl halides is 1. The third kappa shape index (κ3) is 2.26. The SMILES string of the molecule is O=C(O)c1ccc(C#CCCl)s1. The van der Waals surface area contributed by atoms with Crippen LogP contribution in [0.3, 0.4) is 0 Å². The molecule has 1 rings (SSSR count). The molecule has 0 bridgehead atoms. The first kappa shape index (κ1) is 9.11. The van der Waals surface area contributed by atoms with Gasteiger partial charge in [0, 0.05) is 0 Å². The Kier molecular flexibility index (Phi) is 3.15. The zero-order chi connectivity index (χ0) is 8.97. The molecule has 1 heterocycles. The van der Waals surface area contributed by atoms with Crippen molar-refractivity contribution in [3.8, 4) is 11.8 Å². The molecule has 0 fully saturated rings. The zero-order valence-corrected chi connectivity index (χ0v) is 7.58. The lowest BCUT2D eigenvalue weighted by Gasteiger charge is -1.80. The first-order valence-electron chi connectivity index (χ1n) is 3.12. The molecule has 0 spiro atoms. The van der Waals surface area contributed by atoms with Crippen molar-refractivity contribution < 1.29 is 9.90 Å². The quantitative estimate of drug-likeness (QED) is 0.557. The first-order valence-corrected chi connectivity index (χ1v) is 4.47. The van der Waals surface area contributed by atoms with Crippen molar-refractivity contribution in [3.05, 3.63) is 21.9 Å². The Morgan fingerprint density at radius 1 is 1.67 bits per heavy atom. The predicted octanol–water partition coefficient (Wildman–Crippen LogP) is 2.04. The van der Waals surface area contributed by atoms with Gasteiger partial charge in [0.05, 0.1) is 10.8 Å². The Hall–Kier alpha value is -0.980. The maximum absolute atomic E-state index is 10.4. The molecule has 62 valence electrons. The Balaban J connectivity index is 2.84. The monoisotopic (exact) mass is 200 g/mol. The Morgan fingerprint density at radius 3 is 2.92 bits per heavy atom. The van der Waals surface area contributed by atoms with Gasteiger partial charge in [-0.2, -0.15) is 0 Å². The van der Waals surface area contributed by atoms with Crippen LogP contribution in [-0.4, -0.2) is 17.0 Å². The normalized spacial score (nSPS) is 8.75. The van der Waals surface area contributed by atoms with Crippen molar-refractivity contribution in [1.29, 1.82) is 0 Å². The van der Waals surface area contributed by atoms with Crippen LogP contribution >= 0.6 is 22.9 Å². The van der Waals surface area contributed by atoms with Crippen LogP contribution in [0.5, 0.6) is 0 Å². The molecule has 2 nitrogen and oxygen atoms in total. The van der Waals surface area contributed by atoms with E-state index in [9.17, 15) is 4.79 Å². The molecule has 0 saturated carbocycles. The third-order valence-electron chi connectivity index (χ3n) is 1.10. The minimum absolute atomic E-state index is 0.264. The van der Waals surface area contributed by atoms with E-state index in [-0.39, 0.29) is 5.88 Å². The largest absolute Gasteiger partial charge is 0.477 e. The molecule has 0 radical (unpaired) electrons. The smallest absolute Gasteiger partial charge is 0.345 e. The molecule has 12 heavy (non-hydrogen) atoms. The molecular weight excluding hydrogens is 196 g/mol. The number of halogens is 1. The van der Waals surface area contributed by atoms with Gasteiger partial charge in [-0.1, -0.05) is 11.8 Å². The van der Waals surface area contributed by atoms with E-state index in [1.807, 2.05) is 0 Å². The highest BCUT2D eigenvalue weighted by atomic mass is 35.5. The van der Waals surface area contributed by atoms with Crippen LogP contribution < -0.4 is 0 Å². The van der Waals surface area contributed by atoms with E-state index in [1.54, 1.807) is 6.07 Å². The molecule has 0 aliphatic heterocycles. The number of carboxylic acids is 1. The van der Waals surface area contributed by atoms with Crippen molar-refractivity contribution in [3.63, 3.8) is 0 Å². The van der Waals surface area contributed by atoms with E-state index in [4.69, 9.17) is 16.7 Å². The average molecular weight is 201 g/mol. The number of carboxylic acid groups (broad SMARTS) is 1. The minimum atomic E-state index is -0.918. The van der Waals surface area contributed by atoms with E-state index in [0.29, 0.717) is 4.88 Å². The number of aromatic carboxylic acids is 1. The van der Waals surface area contributed by atoms with Crippen molar-refractivity contribution in [2.45, 2.75) is 0 Å². The molecular formula is C8H5ClO2S. The molecule has 1 N–H and O–H groups in total. The molecule has 0 aliphatic carbocycles. The predicted molar refractivity (Wildman–Crippen MR) is 48.9 cm³/mol. The van der Waals surface area contributed by atoms with E-state index >= 15 is 0 Å². The summed E-state index contributed by atoms with van der Waals surface area (Å²) in [6, 6.07) is 3.21. The number of thiophene rings is 1. The van der Waals surface area contributed by atoms with Gasteiger partial charge in [0.15, 0.2) is 0 Å². The standard InChI is InChI=1S/C8H5ClO2S/c9-5-1-2-6-3-4-7(12-6)8(10)11/h3-4H,5H2,(H,10,11). The fourth-order valence-corrected chi connectivity index (χ4v) is 1.43. The second kappa shape index (κ2) is 4.15. The van der Waals surface area contributed by atoms with Crippen LogP contribution in [0.25, 0.3) is 0 Å². The van der Waals surface area contributed by atoms with Gasteiger partial charge in [0.25, 0.3) is 0 Å². The maximum atomic E-state index is 10.4. The van der Waals surface area contributed by atoms with E-state index in [0.717, 1.165) is 16.2 Å². The molecule has 4 heteroatoms. The van der Waals surface area contributed by atoms with Crippen LogP contribution in [0, 0.1) is 11.8 Å². The van der Waals surface area contributed by atoms with Gasteiger partial charge < -0.3 is 5.11 Å². The molecule has 0 amide bonds. The summed E-state index contributed by atoms with van der Waals surface area (Å²) in [7, 11) is 0. The average Bonchev–Trinajstić information content (AvgIpc) is 2.48. The highest BCUT2D eigenvalue weighted by Crippen LogP contribution is 2.14. The van der Waals surface area contributed by atoms with Gasteiger partial charge in [-0.25, -0.2) is 4.79 Å². The van der Waals surface area contributed by atoms with Crippen LogP contribution in [0.15, 0.2) is 12.1 Å². The van der Waals surface area contributed by atoms with E-state index in [2.05, 4.69) is 11.8 Å². The fraction of sp³-hybridized carbons (Fsp3) is 0.125. The molecule has 1 aromatic rings. The van der Waals surface area contributed by atoms with Gasteiger partial charge in [-0.05, 0) is 12.1 Å². The summed E-state index contributed by atoms with van der Waals surface area (Å²) in [5.41, 5.74) is 0. The second-order valence-electron chi connectivity index (χ2n) is 1.90. The number of hydrogen-bond donors (Lipinski definition) is 1. The molecule has 0 aliphatic rings. The van der Waals surface area contributed by atoms with Crippen LogP contribution in [0.4, 0.5) is 0 Å².